The van der Waals surface area contributed by atoms with Gasteiger partial charge in [0.05, 0.1) is 0 Å². The first-order valence-electron chi connectivity index (χ1n) is 6.63. The van der Waals surface area contributed by atoms with Gasteiger partial charge in [-0.3, -0.25) is 4.98 Å². The van der Waals surface area contributed by atoms with E-state index in [0.717, 1.165) is 38.3 Å². The van der Waals surface area contributed by atoms with Crippen molar-refractivity contribution in [2.24, 2.45) is 0 Å². The summed E-state index contributed by atoms with van der Waals surface area (Å²) in [7, 11) is 4.15. The molecule has 0 atom stereocenters. The molecule has 4 nitrogen and oxygen atoms in total. The van der Waals surface area contributed by atoms with Gasteiger partial charge in [-0.1, -0.05) is 0 Å². The molecule has 1 aromatic rings. The van der Waals surface area contributed by atoms with E-state index in [-0.39, 0.29) is 0 Å². The molecule has 0 bridgehead atoms. The number of ether oxygens (including phenoxy) is 1. The fourth-order valence-electron chi connectivity index (χ4n) is 2.50. The fraction of sp³-hybridized carbons (Fsp3) is 0.643. The first-order chi connectivity index (χ1) is 8.72. The Hall–Kier alpha value is -1.13. The van der Waals surface area contributed by atoms with Gasteiger partial charge in [-0.05, 0) is 32.9 Å². The maximum absolute atomic E-state index is 5.44. The van der Waals surface area contributed by atoms with E-state index < -0.39 is 0 Å². The van der Waals surface area contributed by atoms with E-state index in [1.807, 2.05) is 20.2 Å². The largest absolute Gasteiger partial charge is 0.381 e. The summed E-state index contributed by atoms with van der Waals surface area (Å²) in [5.41, 5.74) is 3.63. The van der Waals surface area contributed by atoms with Crippen LogP contribution >= 0.6 is 0 Å². The van der Waals surface area contributed by atoms with Gasteiger partial charge in [0.1, 0.15) is 0 Å². The number of hydrogen-bond acceptors (Lipinski definition) is 4. The van der Waals surface area contributed by atoms with E-state index in [1.54, 1.807) is 0 Å². The summed E-state index contributed by atoms with van der Waals surface area (Å²) in [4.78, 5) is 6.79. The molecule has 1 aliphatic rings. The quantitative estimate of drug-likeness (QED) is 0.882. The first kappa shape index (κ1) is 13.3. The number of pyridine rings is 1. The van der Waals surface area contributed by atoms with Crippen molar-refractivity contribution in [3.63, 3.8) is 0 Å². The van der Waals surface area contributed by atoms with Gasteiger partial charge < -0.3 is 15.0 Å². The first-order valence-corrected chi connectivity index (χ1v) is 6.63. The summed E-state index contributed by atoms with van der Waals surface area (Å²) in [5, 5.41) is 3.21. The van der Waals surface area contributed by atoms with E-state index in [4.69, 9.17) is 4.74 Å². The molecule has 1 aromatic heterocycles. The monoisotopic (exact) mass is 249 g/mol. The molecule has 0 saturated carbocycles. The number of hydrogen-bond donors (Lipinski definition) is 1. The Balaban J connectivity index is 2.21. The van der Waals surface area contributed by atoms with Crippen LogP contribution in [0.3, 0.4) is 0 Å². The van der Waals surface area contributed by atoms with Crippen LogP contribution < -0.4 is 10.2 Å². The van der Waals surface area contributed by atoms with Crippen LogP contribution in [0.5, 0.6) is 0 Å². The van der Waals surface area contributed by atoms with E-state index in [9.17, 15) is 0 Å². The molecule has 1 saturated heterocycles. The topological polar surface area (TPSA) is 37.4 Å². The average Bonchev–Trinajstić information content (AvgIpc) is 2.41. The minimum atomic E-state index is 0.580. The van der Waals surface area contributed by atoms with Crippen molar-refractivity contribution in [3.05, 3.63) is 23.5 Å². The second-order valence-corrected chi connectivity index (χ2v) is 4.94. The van der Waals surface area contributed by atoms with Gasteiger partial charge in [0, 0.05) is 56.0 Å². The Morgan fingerprint density at radius 2 is 2.17 bits per heavy atom. The normalized spacial score (nSPS) is 16.8. The average molecular weight is 249 g/mol. The molecule has 0 unspecified atom stereocenters. The molecule has 0 aromatic carbocycles. The molecule has 2 rings (SSSR count). The molecule has 1 fully saturated rings. The van der Waals surface area contributed by atoms with Crippen molar-refractivity contribution >= 4 is 5.69 Å². The van der Waals surface area contributed by atoms with Crippen LogP contribution in [0.4, 0.5) is 5.69 Å². The van der Waals surface area contributed by atoms with Gasteiger partial charge in [0.15, 0.2) is 0 Å². The molecule has 0 radical (unpaired) electrons. The predicted octanol–water partition coefficient (Wildman–Crippen LogP) is 1.72. The minimum Gasteiger partial charge on any atom is -0.381 e. The summed E-state index contributed by atoms with van der Waals surface area (Å²) >= 11 is 0. The van der Waals surface area contributed by atoms with Gasteiger partial charge in [0.25, 0.3) is 0 Å². The lowest BCUT2D eigenvalue weighted by Gasteiger charge is -2.34. The third-order valence-electron chi connectivity index (χ3n) is 3.58. The van der Waals surface area contributed by atoms with Crippen LogP contribution in [0.1, 0.15) is 24.1 Å². The SMILES string of the molecule is CNCc1cnc(C)cc1N(C)C1CCOCC1. The number of aromatic nitrogens is 1. The van der Waals surface area contributed by atoms with Gasteiger partial charge in [0.2, 0.25) is 0 Å². The molecule has 1 N–H and O–H groups in total. The summed E-state index contributed by atoms with van der Waals surface area (Å²) in [6.07, 6.45) is 4.20. The third kappa shape index (κ3) is 3.00. The predicted molar refractivity (Wildman–Crippen MR) is 74.0 cm³/mol. The van der Waals surface area contributed by atoms with Crippen LogP contribution in [0.25, 0.3) is 0 Å². The van der Waals surface area contributed by atoms with Crippen molar-refractivity contribution in [3.8, 4) is 0 Å². The highest BCUT2D eigenvalue weighted by atomic mass is 16.5. The second-order valence-electron chi connectivity index (χ2n) is 4.94. The Kier molecular flexibility index (Phi) is 4.55. The molecular weight excluding hydrogens is 226 g/mol. The third-order valence-corrected chi connectivity index (χ3v) is 3.58. The van der Waals surface area contributed by atoms with Gasteiger partial charge >= 0.3 is 0 Å². The van der Waals surface area contributed by atoms with Crippen LogP contribution in [0, 0.1) is 6.92 Å². The molecule has 2 heterocycles. The van der Waals surface area contributed by atoms with Crippen molar-refractivity contribution in [2.75, 3.05) is 32.2 Å². The molecular formula is C14H23N3O. The lowest BCUT2D eigenvalue weighted by atomic mass is 10.1. The van der Waals surface area contributed by atoms with Crippen molar-refractivity contribution in [1.29, 1.82) is 0 Å². The van der Waals surface area contributed by atoms with E-state index in [1.165, 1.54) is 11.3 Å². The Labute approximate surface area is 109 Å². The summed E-state index contributed by atoms with van der Waals surface area (Å²) in [6.45, 7) is 4.65. The Morgan fingerprint density at radius 3 is 2.83 bits per heavy atom. The molecule has 0 spiro atoms. The standard InChI is InChI=1S/C14H23N3O/c1-11-8-14(12(9-15-2)10-16-11)17(3)13-4-6-18-7-5-13/h8,10,13,15H,4-7,9H2,1-3H3. The van der Waals surface area contributed by atoms with E-state index >= 15 is 0 Å². The number of rotatable bonds is 4. The van der Waals surface area contributed by atoms with E-state index in [0.29, 0.717) is 6.04 Å². The smallest absolute Gasteiger partial charge is 0.0485 e. The lowest BCUT2D eigenvalue weighted by Crippen LogP contribution is -2.37. The van der Waals surface area contributed by atoms with Crippen molar-refractivity contribution < 1.29 is 4.74 Å². The molecule has 100 valence electrons. The fourth-order valence-corrected chi connectivity index (χ4v) is 2.50. The summed E-state index contributed by atoms with van der Waals surface area (Å²) in [6, 6.07) is 2.76. The molecule has 1 aliphatic heterocycles. The van der Waals surface area contributed by atoms with Crippen LogP contribution in [0.2, 0.25) is 0 Å². The maximum atomic E-state index is 5.44. The molecule has 0 amide bonds. The van der Waals surface area contributed by atoms with Crippen LogP contribution in [-0.2, 0) is 11.3 Å². The van der Waals surface area contributed by atoms with Gasteiger partial charge in [-0.2, -0.15) is 0 Å². The second kappa shape index (κ2) is 6.16. The summed E-state index contributed by atoms with van der Waals surface area (Å²) < 4.78 is 5.44. The van der Waals surface area contributed by atoms with Gasteiger partial charge in [-0.25, -0.2) is 0 Å². The zero-order valence-electron chi connectivity index (χ0n) is 11.6. The highest BCUT2D eigenvalue weighted by Gasteiger charge is 2.20. The number of nitrogens with one attached hydrogen (secondary N) is 1. The lowest BCUT2D eigenvalue weighted by molar-refractivity contribution is 0.0854. The van der Waals surface area contributed by atoms with Crippen molar-refractivity contribution in [2.45, 2.75) is 32.4 Å². The highest BCUT2D eigenvalue weighted by molar-refractivity contribution is 5.53. The van der Waals surface area contributed by atoms with Crippen LogP contribution in [-0.4, -0.2) is 38.3 Å². The zero-order chi connectivity index (χ0) is 13.0. The maximum Gasteiger partial charge on any atom is 0.0485 e. The highest BCUT2D eigenvalue weighted by Crippen LogP contribution is 2.25. The number of anilines is 1. The number of aryl methyl sites for hydroxylation is 1. The summed E-state index contributed by atoms with van der Waals surface area (Å²) in [5.74, 6) is 0. The number of nitrogens with zero attached hydrogens (tertiary/aromatic N) is 2. The molecule has 18 heavy (non-hydrogen) atoms. The van der Waals surface area contributed by atoms with E-state index in [2.05, 4.69) is 28.3 Å². The Morgan fingerprint density at radius 1 is 1.44 bits per heavy atom. The Bertz CT molecular complexity index is 389. The van der Waals surface area contributed by atoms with Gasteiger partial charge in [-0.15, -0.1) is 0 Å². The minimum absolute atomic E-state index is 0.580. The van der Waals surface area contributed by atoms with Crippen LogP contribution in [0.15, 0.2) is 12.3 Å². The zero-order valence-corrected chi connectivity index (χ0v) is 11.6. The molecule has 0 aliphatic carbocycles. The molecule has 4 heteroatoms. The van der Waals surface area contributed by atoms with Crippen molar-refractivity contribution in [1.82, 2.24) is 10.3 Å².